The second kappa shape index (κ2) is 5.01. The van der Waals surface area contributed by atoms with Crippen molar-refractivity contribution in [2.75, 3.05) is 5.06 Å². The first-order valence-corrected chi connectivity index (χ1v) is 6.65. The van der Waals surface area contributed by atoms with Gasteiger partial charge < -0.3 is 5.32 Å². The minimum absolute atomic E-state index is 0.249. The maximum absolute atomic E-state index is 12.3. The largest absolute Gasteiger partial charge is 0.471 e. The standard InChI is InChI=1S/C11H13F3N2O2S/c1-2-6-5-8(15-10(17)11(12,13)14)7-3-4-19-9(7)16(6)18/h3-4,6,8,18H,2,5H2,1H3,(H,15,17). The van der Waals surface area contributed by atoms with E-state index in [2.05, 4.69) is 0 Å². The molecule has 2 heterocycles. The van der Waals surface area contributed by atoms with Crippen LogP contribution in [0.4, 0.5) is 18.2 Å². The lowest BCUT2D eigenvalue weighted by molar-refractivity contribution is -0.174. The molecule has 1 aromatic rings. The highest BCUT2D eigenvalue weighted by atomic mass is 32.1. The van der Waals surface area contributed by atoms with Gasteiger partial charge in [0.2, 0.25) is 0 Å². The summed E-state index contributed by atoms with van der Waals surface area (Å²) in [6.07, 6.45) is -4.07. The number of hydrogen-bond donors (Lipinski definition) is 2. The summed E-state index contributed by atoms with van der Waals surface area (Å²) >= 11 is 1.23. The molecule has 0 aliphatic carbocycles. The fourth-order valence-corrected chi connectivity index (χ4v) is 3.09. The normalized spacial score (nSPS) is 23.1. The molecule has 2 N–H and O–H groups in total. The highest BCUT2D eigenvalue weighted by molar-refractivity contribution is 7.14. The second-order valence-electron chi connectivity index (χ2n) is 4.35. The average molecular weight is 294 g/mol. The number of nitrogens with zero attached hydrogens (tertiary/aromatic N) is 1. The highest BCUT2D eigenvalue weighted by Crippen LogP contribution is 2.41. The Morgan fingerprint density at radius 3 is 2.89 bits per heavy atom. The lowest BCUT2D eigenvalue weighted by Crippen LogP contribution is -2.45. The second-order valence-corrected chi connectivity index (χ2v) is 5.24. The molecule has 0 fully saturated rings. The summed E-state index contributed by atoms with van der Waals surface area (Å²) in [4.78, 5) is 11.0. The zero-order valence-corrected chi connectivity index (χ0v) is 10.9. The van der Waals surface area contributed by atoms with Gasteiger partial charge in [-0.05, 0) is 24.3 Å². The monoisotopic (exact) mass is 294 g/mol. The molecule has 4 nitrogen and oxygen atoms in total. The molecule has 0 bridgehead atoms. The molecular formula is C11H13F3N2O2S. The van der Waals surface area contributed by atoms with Gasteiger partial charge in [0.1, 0.15) is 5.00 Å². The van der Waals surface area contributed by atoms with Gasteiger partial charge in [-0.1, -0.05) is 6.92 Å². The van der Waals surface area contributed by atoms with E-state index in [0.29, 0.717) is 17.0 Å². The summed E-state index contributed by atoms with van der Waals surface area (Å²) < 4.78 is 36.9. The molecule has 0 aromatic carbocycles. The van der Waals surface area contributed by atoms with Crippen molar-refractivity contribution in [1.82, 2.24) is 5.32 Å². The number of anilines is 1. The van der Waals surface area contributed by atoms with Crippen LogP contribution in [0, 0.1) is 0 Å². The summed E-state index contributed by atoms with van der Waals surface area (Å²) in [6.45, 7) is 1.83. The van der Waals surface area contributed by atoms with Gasteiger partial charge in [0, 0.05) is 5.56 Å². The Balaban J connectivity index is 2.23. The van der Waals surface area contributed by atoms with Gasteiger partial charge in [-0.25, -0.2) is 5.06 Å². The predicted octanol–water partition coefficient (Wildman–Crippen LogP) is 2.85. The zero-order valence-electron chi connectivity index (χ0n) is 10.1. The van der Waals surface area contributed by atoms with Gasteiger partial charge in [-0.2, -0.15) is 13.2 Å². The van der Waals surface area contributed by atoms with E-state index in [-0.39, 0.29) is 12.5 Å². The molecule has 0 saturated heterocycles. The molecule has 19 heavy (non-hydrogen) atoms. The minimum Gasteiger partial charge on any atom is -0.341 e. The van der Waals surface area contributed by atoms with Crippen LogP contribution in [-0.2, 0) is 4.79 Å². The maximum Gasteiger partial charge on any atom is 0.471 e. The molecular weight excluding hydrogens is 281 g/mol. The van der Waals surface area contributed by atoms with Crippen LogP contribution in [0.2, 0.25) is 0 Å². The van der Waals surface area contributed by atoms with Gasteiger partial charge in [0.15, 0.2) is 0 Å². The number of alkyl halides is 3. The van der Waals surface area contributed by atoms with E-state index in [1.807, 2.05) is 12.2 Å². The molecule has 0 saturated carbocycles. The number of amides is 1. The van der Waals surface area contributed by atoms with Crippen molar-refractivity contribution in [3.63, 3.8) is 0 Å². The molecule has 1 amide bonds. The van der Waals surface area contributed by atoms with Gasteiger partial charge in [0.25, 0.3) is 0 Å². The number of thiophene rings is 1. The highest BCUT2D eigenvalue weighted by Gasteiger charge is 2.42. The van der Waals surface area contributed by atoms with E-state index >= 15 is 0 Å². The molecule has 0 spiro atoms. The Morgan fingerprint density at radius 2 is 2.32 bits per heavy atom. The Hall–Kier alpha value is -1.28. The number of rotatable bonds is 2. The van der Waals surface area contributed by atoms with Crippen LogP contribution in [0.1, 0.15) is 31.4 Å². The van der Waals surface area contributed by atoms with Gasteiger partial charge >= 0.3 is 12.1 Å². The lowest BCUT2D eigenvalue weighted by Gasteiger charge is -2.36. The Kier molecular flexibility index (Phi) is 3.73. The van der Waals surface area contributed by atoms with Crippen molar-refractivity contribution in [2.24, 2.45) is 0 Å². The molecule has 8 heteroatoms. The van der Waals surface area contributed by atoms with Crippen LogP contribution in [-0.4, -0.2) is 23.3 Å². The van der Waals surface area contributed by atoms with Crippen LogP contribution >= 0.6 is 11.3 Å². The molecule has 2 rings (SSSR count). The topological polar surface area (TPSA) is 52.6 Å². The van der Waals surface area contributed by atoms with Gasteiger partial charge in [-0.3, -0.25) is 10.0 Å². The van der Waals surface area contributed by atoms with Crippen LogP contribution in [0.5, 0.6) is 0 Å². The maximum atomic E-state index is 12.3. The Bertz CT molecular complexity index is 475. The molecule has 1 aliphatic heterocycles. The first kappa shape index (κ1) is 14.1. The number of nitrogens with one attached hydrogen (secondary N) is 1. The predicted molar refractivity (Wildman–Crippen MR) is 64.2 cm³/mol. The van der Waals surface area contributed by atoms with E-state index in [1.54, 1.807) is 11.4 Å². The SMILES string of the molecule is CCC1CC(NC(=O)C(F)(F)F)c2ccsc2N1O. The van der Waals surface area contributed by atoms with Crippen molar-refractivity contribution in [3.05, 3.63) is 17.0 Å². The fraction of sp³-hybridized carbons (Fsp3) is 0.545. The average Bonchev–Trinajstić information content (AvgIpc) is 2.81. The smallest absolute Gasteiger partial charge is 0.341 e. The summed E-state index contributed by atoms with van der Waals surface area (Å²) in [5, 5.41) is 15.2. The molecule has 1 aliphatic rings. The van der Waals surface area contributed by atoms with E-state index in [1.165, 1.54) is 11.3 Å². The minimum atomic E-state index is -4.89. The Morgan fingerprint density at radius 1 is 1.63 bits per heavy atom. The van der Waals surface area contributed by atoms with E-state index in [0.717, 1.165) is 5.06 Å². The molecule has 2 unspecified atom stereocenters. The molecule has 1 aromatic heterocycles. The van der Waals surface area contributed by atoms with E-state index < -0.39 is 18.1 Å². The van der Waals surface area contributed by atoms with Crippen LogP contribution in [0.25, 0.3) is 0 Å². The van der Waals surface area contributed by atoms with Crippen molar-refractivity contribution in [2.45, 2.75) is 38.0 Å². The quantitative estimate of drug-likeness (QED) is 0.882. The summed E-state index contributed by atoms with van der Waals surface area (Å²) in [5.41, 5.74) is 0.523. The lowest BCUT2D eigenvalue weighted by atomic mass is 9.95. The summed E-state index contributed by atoms with van der Waals surface area (Å²) in [7, 11) is 0. The number of carbonyl (C=O) groups is 1. The third kappa shape index (κ3) is 2.69. The van der Waals surface area contributed by atoms with Crippen molar-refractivity contribution in [3.8, 4) is 0 Å². The summed E-state index contributed by atoms with van der Waals surface area (Å²) in [5.74, 6) is -1.95. The third-order valence-electron chi connectivity index (χ3n) is 3.15. The molecule has 0 radical (unpaired) electrons. The van der Waals surface area contributed by atoms with Crippen LogP contribution in [0.15, 0.2) is 11.4 Å². The van der Waals surface area contributed by atoms with Crippen molar-refractivity contribution >= 4 is 22.2 Å². The summed E-state index contributed by atoms with van der Waals surface area (Å²) in [6, 6.07) is 0.601. The molecule has 106 valence electrons. The van der Waals surface area contributed by atoms with E-state index in [4.69, 9.17) is 0 Å². The third-order valence-corrected chi connectivity index (χ3v) is 4.06. The Labute approximate surface area is 111 Å². The van der Waals surface area contributed by atoms with E-state index in [9.17, 15) is 23.2 Å². The van der Waals surface area contributed by atoms with Crippen LogP contribution < -0.4 is 10.4 Å². The first-order chi connectivity index (χ1) is 8.84. The number of carbonyl (C=O) groups excluding carboxylic acids is 1. The number of fused-ring (bicyclic) bond motifs is 1. The zero-order chi connectivity index (χ0) is 14.2. The number of hydrogen-bond acceptors (Lipinski definition) is 4. The van der Waals surface area contributed by atoms with Gasteiger partial charge in [-0.15, -0.1) is 11.3 Å². The number of halogens is 3. The number of hydroxylamine groups is 1. The molecule has 2 atom stereocenters. The van der Waals surface area contributed by atoms with Crippen molar-refractivity contribution < 1.29 is 23.2 Å². The van der Waals surface area contributed by atoms with Gasteiger partial charge in [0.05, 0.1) is 12.1 Å². The van der Waals surface area contributed by atoms with Crippen LogP contribution in [0.3, 0.4) is 0 Å². The fourth-order valence-electron chi connectivity index (χ4n) is 2.14. The first-order valence-electron chi connectivity index (χ1n) is 5.77. The van der Waals surface area contributed by atoms with Crippen molar-refractivity contribution in [1.29, 1.82) is 0 Å².